The van der Waals surface area contributed by atoms with Crippen molar-refractivity contribution >= 4 is 44.0 Å². The molecule has 0 unspecified atom stereocenters. The van der Waals surface area contributed by atoms with Crippen LogP contribution in [0.3, 0.4) is 0 Å². The minimum Gasteiger partial charge on any atom is -0.501 e. The molecular weight excluding hydrogens is 1150 g/mol. The van der Waals surface area contributed by atoms with Crippen molar-refractivity contribution < 1.29 is 31.4 Å². The van der Waals surface area contributed by atoms with Gasteiger partial charge in [-0.1, -0.05) is 194 Å². The van der Waals surface area contributed by atoms with Crippen LogP contribution in [0.25, 0.3) is 112 Å². The van der Waals surface area contributed by atoms with E-state index in [-0.39, 0.29) is 61.7 Å². The van der Waals surface area contributed by atoms with E-state index in [2.05, 4.69) is 198 Å². The summed E-state index contributed by atoms with van der Waals surface area (Å²) in [6.07, 6.45) is 0. The standard InChI is InChI=1S/C43H35N2O.C31H29N2.Ir/c1-27(2)36-24-32(30-16-9-6-10-17-30)25-37(28(3)4)41(36)45-39-21-12-11-20-38(39)44-43(45)35-19-13-18-34-33-23-22-31(26-40(33)46-42(34)35)29-14-7-5-8-15-29;1-21(2)26-19-25(23-13-7-5-8-14-23)20-27(22(3)4)30(26)33-29-18-12-11-17-28(29)32-31(33)24-15-9-6-10-16-24;/h5-18,20-28H,1-4H3;5-15,17-22H,1-4H3;/q2*-1;/i5D,7D,8D,14D,15D;;. The molecule has 0 amide bonds. The number of imidazole rings is 2. The van der Waals surface area contributed by atoms with Crippen LogP contribution in [0.4, 0.5) is 0 Å². The van der Waals surface area contributed by atoms with E-state index in [1.807, 2.05) is 54.6 Å². The van der Waals surface area contributed by atoms with E-state index in [0.29, 0.717) is 40.0 Å². The van der Waals surface area contributed by atoms with Crippen LogP contribution in [0, 0.1) is 12.1 Å². The zero-order chi connectivity index (χ0) is 58.7. The Kier molecular flexibility index (Phi) is 13.5. The van der Waals surface area contributed by atoms with Gasteiger partial charge in [0.15, 0.2) is 0 Å². The maximum absolute atomic E-state index is 8.53. The predicted molar refractivity (Wildman–Crippen MR) is 331 cm³/mol. The summed E-state index contributed by atoms with van der Waals surface area (Å²) in [6, 6.07) is 69.8. The second-order valence-corrected chi connectivity index (χ2v) is 21.6. The first kappa shape index (κ1) is 47.6. The van der Waals surface area contributed by atoms with Crippen LogP contribution >= 0.6 is 0 Å². The number of nitrogens with zero attached hydrogens (tertiary/aromatic N) is 4. The number of furan rings is 1. The van der Waals surface area contributed by atoms with Crippen LogP contribution in [0.15, 0.2) is 223 Å². The molecule has 1 radical (unpaired) electrons. The van der Waals surface area contributed by atoms with Crippen molar-refractivity contribution in [1.82, 2.24) is 19.1 Å². The SMILES string of the molecule is CC(C)c1cc(-c2ccccc2)cc(C(C)C)c1-n1c(-c2[c-]cccc2)nc2ccccc21.[2H]c1c([2H])c([2H])c(-c2ccc3c(c2)oc2c(-c4nc5ccccc5n4-c4c(C(C)C)cc(-c5ccccc5)cc4C(C)C)[c-]ccc23)c([2H])c1[2H].[Ir]. The van der Waals surface area contributed by atoms with Crippen molar-refractivity contribution in [3.63, 3.8) is 0 Å². The molecule has 3 heterocycles. The summed E-state index contributed by atoms with van der Waals surface area (Å²) in [6.45, 7) is 18.1. The second kappa shape index (κ2) is 22.7. The molecule has 13 aromatic rings. The van der Waals surface area contributed by atoms with Gasteiger partial charge in [-0.3, -0.25) is 9.97 Å². The van der Waals surface area contributed by atoms with Gasteiger partial charge < -0.3 is 13.6 Å². The fourth-order valence-electron chi connectivity index (χ4n) is 11.1. The summed E-state index contributed by atoms with van der Waals surface area (Å²) >= 11 is 0. The van der Waals surface area contributed by atoms with E-state index >= 15 is 0 Å². The van der Waals surface area contributed by atoms with Gasteiger partial charge in [0.2, 0.25) is 0 Å². The molecule has 0 N–H and O–H groups in total. The molecule has 0 spiro atoms. The van der Waals surface area contributed by atoms with Crippen molar-refractivity contribution in [2.24, 2.45) is 0 Å². The molecule has 10 aromatic carbocycles. The number of benzene rings is 10. The Hall–Kier alpha value is -8.41. The Labute approximate surface area is 491 Å². The van der Waals surface area contributed by atoms with E-state index in [9.17, 15) is 0 Å². The number of hydrogen-bond acceptors (Lipinski definition) is 3. The molecule has 80 heavy (non-hydrogen) atoms. The van der Waals surface area contributed by atoms with Crippen molar-refractivity contribution in [3.05, 3.63) is 253 Å². The van der Waals surface area contributed by atoms with Gasteiger partial charge in [-0.05, 0) is 134 Å². The zero-order valence-electron chi connectivity index (χ0n) is 51.2. The predicted octanol–water partition coefficient (Wildman–Crippen LogP) is 20.4. The Bertz CT molecular complexity index is 4530. The summed E-state index contributed by atoms with van der Waals surface area (Å²) < 4.78 is 52.7. The summed E-state index contributed by atoms with van der Waals surface area (Å²) in [7, 11) is 0. The Morgan fingerprint density at radius 2 is 0.912 bits per heavy atom. The third kappa shape index (κ3) is 10.0. The molecule has 0 saturated carbocycles. The number of para-hydroxylation sites is 4. The van der Waals surface area contributed by atoms with E-state index < -0.39 is 6.04 Å². The molecule has 0 bridgehead atoms. The quantitative estimate of drug-likeness (QED) is 0.121. The van der Waals surface area contributed by atoms with Gasteiger partial charge in [0.1, 0.15) is 5.58 Å². The van der Waals surface area contributed by atoms with Gasteiger partial charge in [0.05, 0.1) is 46.2 Å². The molecule has 0 aliphatic carbocycles. The molecular formula is C74H64IrN4O-2. The van der Waals surface area contributed by atoms with E-state index in [1.54, 1.807) is 12.1 Å². The van der Waals surface area contributed by atoms with Crippen LogP contribution in [0.5, 0.6) is 0 Å². The van der Waals surface area contributed by atoms with Gasteiger partial charge in [-0.15, -0.1) is 54.1 Å². The number of hydrogen-bond donors (Lipinski definition) is 0. The van der Waals surface area contributed by atoms with Crippen molar-refractivity contribution in [3.8, 4) is 67.5 Å². The molecule has 3 aromatic heterocycles. The maximum atomic E-state index is 8.53. The van der Waals surface area contributed by atoms with Gasteiger partial charge in [-0.2, -0.15) is 0 Å². The first-order valence-electron chi connectivity index (χ1n) is 29.9. The minimum atomic E-state index is -0.419. The summed E-state index contributed by atoms with van der Waals surface area (Å²) in [5.41, 5.74) is 19.8. The third-order valence-corrected chi connectivity index (χ3v) is 15.0. The maximum Gasteiger partial charge on any atom is 0.121 e. The zero-order valence-corrected chi connectivity index (χ0v) is 48.6. The Morgan fingerprint density at radius 1 is 0.425 bits per heavy atom. The van der Waals surface area contributed by atoms with E-state index in [0.717, 1.165) is 49.9 Å². The Balaban J connectivity index is 0.000000191. The van der Waals surface area contributed by atoms with Crippen molar-refractivity contribution in [1.29, 1.82) is 0 Å². The smallest absolute Gasteiger partial charge is 0.121 e. The van der Waals surface area contributed by atoms with Gasteiger partial charge in [0, 0.05) is 36.9 Å². The molecule has 0 saturated heterocycles. The van der Waals surface area contributed by atoms with Gasteiger partial charge >= 0.3 is 0 Å². The first-order valence-corrected chi connectivity index (χ1v) is 27.4. The van der Waals surface area contributed by atoms with Crippen molar-refractivity contribution in [2.75, 3.05) is 0 Å². The summed E-state index contributed by atoms with van der Waals surface area (Å²) in [5.74, 6) is 2.78. The van der Waals surface area contributed by atoms with Crippen LogP contribution in [0.1, 0.15) is 108 Å². The molecule has 0 aliphatic heterocycles. The first-order chi connectivity index (χ1) is 40.6. The summed E-state index contributed by atoms with van der Waals surface area (Å²) in [4.78, 5) is 10.3. The van der Waals surface area contributed by atoms with Crippen molar-refractivity contribution in [2.45, 2.75) is 79.1 Å². The normalized spacial score (nSPS) is 12.5. The molecule has 6 heteroatoms. The minimum absolute atomic E-state index is 0. The number of aromatic nitrogens is 4. The second-order valence-electron chi connectivity index (χ2n) is 21.6. The molecule has 13 rings (SSSR count). The van der Waals surface area contributed by atoms with Gasteiger partial charge in [0.25, 0.3) is 0 Å². The third-order valence-electron chi connectivity index (χ3n) is 15.0. The monoisotopic (exact) mass is 1220 g/mol. The van der Waals surface area contributed by atoms with Crippen LogP contribution < -0.4 is 0 Å². The average Bonchev–Trinajstić information content (AvgIpc) is 1.81. The number of fused-ring (bicyclic) bond motifs is 5. The van der Waals surface area contributed by atoms with E-state index in [1.165, 1.54) is 50.2 Å². The Morgan fingerprint density at radius 3 is 1.43 bits per heavy atom. The molecule has 0 atom stereocenters. The fourth-order valence-corrected chi connectivity index (χ4v) is 11.1. The molecule has 0 aliphatic rings. The molecule has 5 nitrogen and oxygen atoms in total. The van der Waals surface area contributed by atoms with Crippen LogP contribution in [-0.2, 0) is 20.1 Å². The summed E-state index contributed by atoms with van der Waals surface area (Å²) in [5, 5.41) is 1.72. The van der Waals surface area contributed by atoms with Crippen LogP contribution in [-0.4, -0.2) is 19.1 Å². The fraction of sp³-hybridized carbons (Fsp3) is 0.162. The van der Waals surface area contributed by atoms with Gasteiger partial charge in [-0.25, -0.2) is 0 Å². The van der Waals surface area contributed by atoms with Crippen LogP contribution in [0.2, 0.25) is 0 Å². The average molecular weight is 1220 g/mol. The van der Waals surface area contributed by atoms with E-state index in [4.69, 9.17) is 21.2 Å². The topological polar surface area (TPSA) is 48.8 Å². The number of rotatable bonds is 11. The molecule has 0 fully saturated rings. The largest absolute Gasteiger partial charge is 0.501 e. The molecule has 397 valence electrons.